The zero-order valence-corrected chi connectivity index (χ0v) is 21.0. The van der Waals surface area contributed by atoms with E-state index in [1.165, 1.54) is 12.7 Å². The summed E-state index contributed by atoms with van der Waals surface area (Å²) in [7, 11) is 0. The Balaban J connectivity index is 0.000000240. The molecule has 0 aliphatic carbocycles. The number of aliphatic hydroxyl groups is 4. The van der Waals surface area contributed by atoms with E-state index in [1.54, 1.807) is 9.13 Å². The van der Waals surface area contributed by atoms with Crippen molar-refractivity contribution in [1.29, 1.82) is 0 Å². The van der Waals surface area contributed by atoms with Crippen molar-refractivity contribution in [2.75, 3.05) is 37.9 Å². The third kappa shape index (κ3) is 6.63. The number of nitrogens with zero attached hydrogens (tertiary/aromatic N) is 6. The van der Waals surface area contributed by atoms with Crippen LogP contribution in [0.25, 0.3) is 22.3 Å². The van der Waals surface area contributed by atoms with Gasteiger partial charge < -0.3 is 41.0 Å². The maximum absolute atomic E-state index is 11.5. The van der Waals surface area contributed by atoms with Crippen LogP contribution in [-0.4, -0.2) is 115 Å². The van der Waals surface area contributed by atoms with Crippen molar-refractivity contribution < 1.29 is 20.4 Å². The summed E-state index contributed by atoms with van der Waals surface area (Å²) in [6.07, 6.45) is 2.87. The van der Waals surface area contributed by atoms with Crippen LogP contribution in [0.3, 0.4) is 0 Å². The molecule has 0 bridgehead atoms. The molecule has 0 aliphatic rings. The van der Waals surface area contributed by atoms with Gasteiger partial charge in [0.2, 0.25) is 11.9 Å². The number of hydrogen-bond donors (Lipinski definition) is 8. The van der Waals surface area contributed by atoms with Crippen molar-refractivity contribution in [2.24, 2.45) is 11.8 Å². The Morgan fingerprint density at radius 1 is 0.743 bits per heavy atom. The van der Waals surface area contributed by atoms with E-state index in [0.717, 1.165) is 0 Å². The number of H-pyrrole nitrogens is 2. The monoisotopic (exact) mass is 501 g/mol. The first-order chi connectivity index (χ1) is 16.3. The number of anilines is 2. The molecule has 0 spiro atoms. The second-order valence-electron chi connectivity index (χ2n) is 7.50. The Labute approximate surface area is 219 Å². The van der Waals surface area contributed by atoms with Gasteiger partial charge in [0.1, 0.15) is 0 Å². The van der Waals surface area contributed by atoms with Crippen LogP contribution >= 0.6 is 0 Å². The third-order valence-corrected chi connectivity index (χ3v) is 4.93. The van der Waals surface area contributed by atoms with Crippen molar-refractivity contribution >= 4 is 63.8 Å². The maximum atomic E-state index is 11.5. The predicted molar refractivity (Wildman–Crippen MR) is 126 cm³/mol. The molecule has 0 saturated heterocycles. The molecule has 0 atom stereocenters. The van der Waals surface area contributed by atoms with Gasteiger partial charge in [-0.3, -0.25) is 19.6 Å². The molecule has 4 aromatic rings. The maximum Gasteiger partial charge on any atom is 0.280 e. The van der Waals surface area contributed by atoms with E-state index in [4.69, 9.17) is 31.9 Å². The summed E-state index contributed by atoms with van der Waals surface area (Å²) in [5.41, 5.74) is 11.1. The van der Waals surface area contributed by atoms with Crippen LogP contribution in [0.15, 0.2) is 22.2 Å². The van der Waals surface area contributed by atoms with Crippen LogP contribution in [0.2, 0.25) is 0 Å². The second kappa shape index (κ2) is 12.7. The van der Waals surface area contributed by atoms with E-state index in [-0.39, 0.29) is 90.8 Å². The fourth-order valence-electron chi connectivity index (χ4n) is 3.11. The first-order valence-electron chi connectivity index (χ1n) is 10.2. The van der Waals surface area contributed by atoms with Crippen molar-refractivity contribution in [3.8, 4) is 0 Å². The number of fused-ring (bicyclic) bond motifs is 2. The van der Waals surface area contributed by atoms with Crippen LogP contribution in [-0.2, 0) is 13.1 Å². The van der Waals surface area contributed by atoms with Gasteiger partial charge in [-0.2, -0.15) is 9.97 Å². The van der Waals surface area contributed by atoms with E-state index in [2.05, 4.69) is 29.9 Å². The summed E-state index contributed by atoms with van der Waals surface area (Å²) in [5, 5.41) is 36.0. The second-order valence-corrected chi connectivity index (χ2v) is 7.50. The number of nitrogen functional groups attached to an aromatic ring is 2. The van der Waals surface area contributed by atoms with Gasteiger partial charge in [0.05, 0.1) is 12.7 Å². The van der Waals surface area contributed by atoms with Gasteiger partial charge in [-0.25, -0.2) is 9.97 Å². The summed E-state index contributed by atoms with van der Waals surface area (Å²) in [6.45, 7) is 0.00612. The minimum atomic E-state index is -0.407. The number of hydrogen-bond acceptors (Lipinski definition) is 12. The molecule has 1 radical (unpaired) electrons. The van der Waals surface area contributed by atoms with Crippen LogP contribution in [0.4, 0.5) is 11.9 Å². The molecule has 0 unspecified atom stereocenters. The fourth-order valence-corrected chi connectivity index (χ4v) is 3.11. The summed E-state index contributed by atoms with van der Waals surface area (Å²) < 4.78 is 3.16. The molecule has 17 heteroatoms. The minimum Gasteiger partial charge on any atom is -0.396 e. The van der Waals surface area contributed by atoms with Gasteiger partial charge in [-0.15, -0.1) is 0 Å². The molecule has 185 valence electrons. The molecule has 4 rings (SSSR count). The molecular formula is C18H26N10NaO6. The zero-order valence-electron chi connectivity index (χ0n) is 19.0. The molecule has 10 N–H and O–H groups in total. The minimum absolute atomic E-state index is 0. The van der Waals surface area contributed by atoms with Gasteiger partial charge in [-0.05, 0) is 0 Å². The first-order valence-corrected chi connectivity index (χ1v) is 10.2. The molecule has 16 nitrogen and oxygen atoms in total. The van der Waals surface area contributed by atoms with E-state index >= 15 is 0 Å². The van der Waals surface area contributed by atoms with Crippen molar-refractivity contribution in [3.05, 3.63) is 33.4 Å². The molecule has 0 saturated carbocycles. The van der Waals surface area contributed by atoms with Crippen LogP contribution < -0.4 is 22.6 Å². The summed E-state index contributed by atoms with van der Waals surface area (Å²) >= 11 is 0. The van der Waals surface area contributed by atoms with Crippen LogP contribution in [0.1, 0.15) is 0 Å². The summed E-state index contributed by atoms with van der Waals surface area (Å²) in [6, 6.07) is 0. The van der Waals surface area contributed by atoms with Gasteiger partial charge in [-0.1, -0.05) is 0 Å². The molecule has 35 heavy (non-hydrogen) atoms. The SMILES string of the molecule is Nc1nc2c(ncn2CC(CO)CO)c(=O)[nH]1.Nc1nc2c(ncn2CC(CO)CO)c(=O)[nH]1.[Na]. The number of nitrogens with one attached hydrogen (secondary N) is 2. The first kappa shape index (κ1) is 28.4. The van der Waals surface area contributed by atoms with Crippen LogP contribution in [0, 0.1) is 11.8 Å². The number of rotatable bonds is 8. The smallest absolute Gasteiger partial charge is 0.280 e. The summed E-state index contributed by atoms with van der Waals surface area (Å²) in [4.78, 5) is 43.5. The molecule has 4 heterocycles. The average molecular weight is 501 g/mol. The molecule has 0 fully saturated rings. The van der Waals surface area contributed by atoms with Gasteiger partial charge in [0.25, 0.3) is 11.1 Å². The Kier molecular flexibility index (Phi) is 10.3. The number of nitrogens with two attached hydrogens (primary N) is 2. The van der Waals surface area contributed by atoms with Crippen molar-refractivity contribution in [1.82, 2.24) is 39.0 Å². The van der Waals surface area contributed by atoms with Crippen LogP contribution in [0.5, 0.6) is 0 Å². The molecule has 4 aromatic heterocycles. The summed E-state index contributed by atoms with van der Waals surface area (Å²) in [5.74, 6) is -0.632. The van der Waals surface area contributed by atoms with Gasteiger partial charge in [0, 0.05) is 80.9 Å². The van der Waals surface area contributed by atoms with E-state index in [9.17, 15) is 9.59 Å². The van der Waals surface area contributed by atoms with E-state index in [0.29, 0.717) is 24.4 Å². The molecule has 0 aromatic carbocycles. The Morgan fingerprint density at radius 3 is 1.40 bits per heavy atom. The van der Waals surface area contributed by atoms with Gasteiger partial charge >= 0.3 is 0 Å². The molecule has 0 amide bonds. The van der Waals surface area contributed by atoms with E-state index < -0.39 is 11.1 Å². The third-order valence-electron chi connectivity index (χ3n) is 4.93. The Morgan fingerprint density at radius 2 is 1.09 bits per heavy atom. The normalized spacial score (nSPS) is 11.1. The number of aliphatic hydroxyl groups excluding tert-OH is 4. The topological polar surface area (TPSA) is 260 Å². The van der Waals surface area contributed by atoms with Crippen molar-refractivity contribution in [3.63, 3.8) is 0 Å². The Bertz CT molecular complexity index is 1250. The number of aromatic nitrogens is 8. The standard InChI is InChI=1S/2C9H13N5O3.Na/c2*10-9-12-7-6(8(17)13-9)11-4-14(7)1-5(2-15)3-16;/h2*4-5,15-16H,1-3H2,(H3,10,12,13,17);. The molecule has 0 aliphatic heterocycles. The Hall–Kier alpha value is -2.86. The molecular weight excluding hydrogens is 475 g/mol. The average Bonchev–Trinajstić information content (AvgIpc) is 3.40. The fraction of sp³-hybridized carbons (Fsp3) is 0.444. The predicted octanol–water partition coefficient (Wildman–Crippen LogP) is -3.78. The number of aromatic amines is 2. The van der Waals surface area contributed by atoms with E-state index in [1.807, 2.05) is 0 Å². The largest absolute Gasteiger partial charge is 0.396 e. The quantitative estimate of drug-likeness (QED) is 0.108. The van der Waals surface area contributed by atoms with Gasteiger partial charge in [0.15, 0.2) is 22.3 Å². The zero-order chi connectivity index (χ0) is 24.8. The number of imidazole rings is 2. The van der Waals surface area contributed by atoms with Crippen molar-refractivity contribution in [2.45, 2.75) is 13.1 Å².